The summed E-state index contributed by atoms with van der Waals surface area (Å²) in [6.45, 7) is 4.57. The summed E-state index contributed by atoms with van der Waals surface area (Å²) < 4.78 is 32.4. The van der Waals surface area contributed by atoms with Crippen LogP contribution in [0, 0.1) is 13.8 Å². The first kappa shape index (κ1) is 16.9. The molecule has 0 aliphatic carbocycles. The molecule has 2 heterocycles. The number of hydrogen-bond donors (Lipinski definition) is 0. The molecule has 128 valence electrons. The second kappa shape index (κ2) is 6.86. The Hall–Kier alpha value is -1.99. The molecule has 24 heavy (non-hydrogen) atoms. The SMILES string of the molecule is Cc1cc(C)nc(OC2CCN(S(=O)(=O)Cc3ccccc3)C2)n1. The van der Waals surface area contributed by atoms with Crippen LogP contribution in [-0.2, 0) is 15.8 Å². The molecule has 7 heteroatoms. The van der Waals surface area contributed by atoms with E-state index >= 15 is 0 Å². The van der Waals surface area contributed by atoms with Gasteiger partial charge in [-0.25, -0.2) is 18.4 Å². The molecule has 0 bridgehead atoms. The second-order valence-corrected chi connectivity index (χ2v) is 8.03. The number of ether oxygens (including phenoxy) is 1. The van der Waals surface area contributed by atoms with E-state index in [1.165, 1.54) is 4.31 Å². The van der Waals surface area contributed by atoms with Gasteiger partial charge in [-0.15, -0.1) is 0 Å². The van der Waals surface area contributed by atoms with E-state index in [1.807, 2.05) is 50.2 Å². The zero-order chi connectivity index (χ0) is 17.2. The topological polar surface area (TPSA) is 72.4 Å². The van der Waals surface area contributed by atoms with Crippen molar-refractivity contribution in [3.8, 4) is 6.01 Å². The molecule has 1 fully saturated rings. The molecule has 1 aromatic heterocycles. The van der Waals surface area contributed by atoms with Crippen molar-refractivity contribution in [2.75, 3.05) is 13.1 Å². The lowest BCUT2D eigenvalue weighted by Crippen LogP contribution is -2.32. The zero-order valence-corrected chi connectivity index (χ0v) is 14.7. The van der Waals surface area contributed by atoms with Crippen LogP contribution >= 0.6 is 0 Å². The summed E-state index contributed by atoms with van der Waals surface area (Å²) in [6.07, 6.45) is 0.432. The van der Waals surface area contributed by atoms with Crippen LogP contribution in [0.5, 0.6) is 6.01 Å². The summed E-state index contributed by atoms with van der Waals surface area (Å²) in [7, 11) is -3.34. The molecule has 0 spiro atoms. The predicted octanol–water partition coefficient (Wildman–Crippen LogP) is 2.08. The lowest BCUT2D eigenvalue weighted by Gasteiger charge is -2.17. The molecule has 1 aliphatic heterocycles. The quantitative estimate of drug-likeness (QED) is 0.828. The summed E-state index contributed by atoms with van der Waals surface area (Å²) in [5.74, 6) is 0.0145. The van der Waals surface area contributed by atoms with Crippen molar-refractivity contribution < 1.29 is 13.2 Å². The molecule has 6 nitrogen and oxygen atoms in total. The van der Waals surface area contributed by atoms with Crippen LogP contribution in [-0.4, -0.2) is 41.9 Å². The predicted molar refractivity (Wildman–Crippen MR) is 91.2 cm³/mol. The molecule has 0 amide bonds. The number of nitrogens with zero attached hydrogens (tertiary/aromatic N) is 3. The molecular formula is C17H21N3O3S. The van der Waals surface area contributed by atoms with Crippen LogP contribution in [0.25, 0.3) is 0 Å². The Labute approximate surface area is 142 Å². The van der Waals surface area contributed by atoms with Crippen LogP contribution in [0.1, 0.15) is 23.4 Å². The number of aromatic nitrogens is 2. The molecule has 1 saturated heterocycles. The molecule has 3 rings (SSSR count). The van der Waals surface area contributed by atoms with Crippen molar-refractivity contribution in [2.24, 2.45) is 0 Å². The standard InChI is InChI=1S/C17H21N3O3S/c1-13-10-14(2)19-17(18-13)23-16-8-9-20(11-16)24(21,22)12-15-6-4-3-5-7-15/h3-7,10,16H,8-9,11-12H2,1-2H3. The monoisotopic (exact) mass is 347 g/mol. The second-order valence-electron chi connectivity index (χ2n) is 6.06. The molecule has 0 N–H and O–H groups in total. The third-order valence-electron chi connectivity index (χ3n) is 3.93. The van der Waals surface area contributed by atoms with Crippen LogP contribution in [0.2, 0.25) is 0 Å². The van der Waals surface area contributed by atoms with Crippen molar-refractivity contribution >= 4 is 10.0 Å². The van der Waals surface area contributed by atoms with Crippen LogP contribution in [0.15, 0.2) is 36.4 Å². The maximum absolute atomic E-state index is 12.5. The maximum Gasteiger partial charge on any atom is 0.317 e. The maximum atomic E-state index is 12.5. The van der Waals surface area contributed by atoms with Gasteiger partial charge in [-0.2, -0.15) is 4.31 Å². The van der Waals surface area contributed by atoms with Crippen molar-refractivity contribution in [1.82, 2.24) is 14.3 Å². The molecule has 0 radical (unpaired) electrons. The zero-order valence-electron chi connectivity index (χ0n) is 13.8. The highest BCUT2D eigenvalue weighted by molar-refractivity contribution is 7.88. The highest BCUT2D eigenvalue weighted by atomic mass is 32.2. The van der Waals surface area contributed by atoms with Crippen molar-refractivity contribution in [2.45, 2.75) is 32.1 Å². The largest absolute Gasteiger partial charge is 0.459 e. The average Bonchev–Trinajstić information content (AvgIpc) is 2.96. The number of rotatable bonds is 5. The summed E-state index contributed by atoms with van der Waals surface area (Å²) in [4.78, 5) is 8.50. The number of aryl methyl sites for hydroxylation is 2. The van der Waals surface area contributed by atoms with Gasteiger partial charge in [0, 0.05) is 17.9 Å². The van der Waals surface area contributed by atoms with Gasteiger partial charge in [0.15, 0.2) is 0 Å². The Bertz CT molecular complexity index is 789. The van der Waals surface area contributed by atoms with Crippen molar-refractivity contribution in [3.63, 3.8) is 0 Å². The van der Waals surface area contributed by atoms with E-state index in [9.17, 15) is 8.42 Å². The minimum atomic E-state index is -3.34. The highest BCUT2D eigenvalue weighted by Crippen LogP contribution is 2.21. The first-order valence-corrected chi connectivity index (χ1v) is 9.54. The molecule has 2 aromatic rings. The fraction of sp³-hybridized carbons (Fsp3) is 0.412. The molecule has 1 aliphatic rings. The van der Waals surface area contributed by atoms with E-state index in [1.54, 1.807) is 0 Å². The molecule has 1 atom stereocenters. The van der Waals surface area contributed by atoms with Crippen LogP contribution in [0.3, 0.4) is 0 Å². The van der Waals surface area contributed by atoms with E-state index in [4.69, 9.17) is 4.74 Å². The summed E-state index contributed by atoms with van der Waals surface area (Å²) in [5, 5.41) is 0. The van der Waals surface area contributed by atoms with Crippen molar-refractivity contribution in [3.05, 3.63) is 53.3 Å². The third kappa shape index (κ3) is 4.10. The Kier molecular flexibility index (Phi) is 4.82. The van der Waals surface area contributed by atoms with Gasteiger partial charge in [-0.1, -0.05) is 30.3 Å². The number of benzene rings is 1. The molecule has 1 aromatic carbocycles. The minimum absolute atomic E-state index is 0.0145. The molecule has 1 unspecified atom stereocenters. The van der Waals surface area contributed by atoms with E-state index in [2.05, 4.69) is 9.97 Å². The summed E-state index contributed by atoms with van der Waals surface area (Å²) in [6, 6.07) is 11.4. The lowest BCUT2D eigenvalue weighted by molar-refractivity contribution is 0.197. The minimum Gasteiger partial charge on any atom is -0.459 e. The molecular weight excluding hydrogens is 326 g/mol. The Morgan fingerprint density at radius 1 is 1.17 bits per heavy atom. The fourth-order valence-corrected chi connectivity index (χ4v) is 4.39. The van der Waals surface area contributed by atoms with Gasteiger partial charge in [0.1, 0.15) is 6.10 Å². The third-order valence-corrected chi connectivity index (χ3v) is 5.74. The normalized spacial score (nSPS) is 18.7. The Balaban J connectivity index is 1.64. The van der Waals surface area contributed by atoms with E-state index < -0.39 is 10.0 Å². The smallest absolute Gasteiger partial charge is 0.317 e. The van der Waals surface area contributed by atoms with Crippen LogP contribution in [0.4, 0.5) is 0 Å². The first-order valence-electron chi connectivity index (χ1n) is 7.93. The number of sulfonamides is 1. The lowest BCUT2D eigenvalue weighted by atomic mass is 10.2. The van der Waals surface area contributed by atoms with Gasteiger partial charge >= 0.3 is 6.01 Å². The van der Waals surface area contributed by atoms with Gasteiger partial charge in [-0.3, -0.25) is 0 Å². The highest BCUT2D eigenvalue weighted by Gasteiger charge is 2.33. The Morgan fingerprint density at radius 3 is 2.50 bits per heavy atom. The van der Waals surface area contributed by atoms with Gasteiger partial charge < -0.3 is 4.74 Å². The van der Waals surface area contributed by atoms with E-state index in [-0.39, 0.29) is 11.9 Å². The average molecular weight is 347 g/mol. The van der Waals surface area contributed by atoms with Gasteiger partial charge in [0.25, 0.3) is 0 Å². The van der Waals surface area contributed by atoms with Gasteiger partial charge in [-0.05, 0) is 31.9 Å². The van der Waals surface area contributed by atoms with Crippen molar-refractivity contribution in [1.29, 1.82) is 0 Å². The molecule has 0 saturated carbocycles. The van der Waals surface area contributed by atoms with Crippen LogP contribution < -0.4 is 4.74 Å². The number of hydrogen-bond acceptors (Lipinski definition) is 5. The van der Waals surface area contributed by atoms with E-state index in [0.717, 1.165) is 17.0 Å². The van der Waals surface area contributed by atoms with Gasteiger partial charge in [0.05, 0.1) is 12.3 Å². The summed E-state index contributed by atoms with van der Waals surface area (Å²) in [5.41, 5.74) is 2.47. The first-order chi connectivity index (χ1) is 11.4. The Morgan fingerprint density at radius 2 is 1.83 bits per heavy atom. The summed E-state index contributed by atoms with van der Waals surface area (Å²) >= 11 is 0. The van der Waals surface area contributed by atoms with E-state index in [0.29, 0.717) is 25.5 Å². The fourth-order valence-electron chi connectivity index (χ4n) is 2.82. The van der Waals surface area contributed by atoms with Gasteiger partial charge in [0.2, 0.25) is 10.0 Å².